The minimum absolute atomic E-state index is 0. The van der Waals surface area contributed by atoms with Crippen molar-refractivity contribution in [1.29, 1.82) is 0 Å². The molecule has 0 atom stereocenters. The van der Waals surface area contributed by atoms with E-state index in [9.17, 15) is 4.79 Å². The summed E-state index contributed by atoms with van der Waals surface area (Å²) in [5, 5.41) is 8.77. The van der Waals surface area contributed by atoms with E-state index in [2.05, 4.69) is 4.90 Å². The van der Waals surface area contributed by atoms with Crippen molar-refractivity contribution in [3.05, 3.63) is 35.4 Å². The normalized spacial score (nSPS) is 15.5. The number of hydrogen-bond acceptors (Lipinski definition) is 2. The van der Waals surface area contributed by atoms with Crippen LogP contribution in [0.4, 0.5) is 0 Å². The summed E-state index contributed by atoms with van der Waals surface area (Å²) in [7, 11) is 0. The average molecular weight is 256 g/mol. The SMILES string of the molecule is Cl.O=C(O)c1ccc(CCN2CCCC2)cc1. The van der Waals surface area contributed by atoms with Gasteiger partial charge >= 0.3 is 5.97 Å². The number of aromatic carboxylic acids is 1. The molecule has 1 saturated heterocycles. The minimum atomic E-state index is -0.855. The zero-order chi connectivity index (χ0) is 11.4. The lowest BCUT2D eigenvalue weighted by atomic mass is 10.1. The topological polar surface area (TPSA) is 40.5 Å². The molecule has 0 unspecified atom stereocenters. The van der Waals surface area contributed by atoms with Gasteiger partial charge in [-0.3, -0.25) is 0 Å². The highest BCUT2D eigenvalue weighted by atomic mass is 35.5. The molecule has 0 saturated carbocycles. The maximum atomic E-state index is 10.7. The van der Waals surface area contributed by atoms with Crippen LogP contribution in [-0.4, -0.2) is 35.6 Å². The predicted molar refractivity (Wildman–Crippen MR) is 70.0 cm³/mol. The van der Waals surface area contributed by atoms with E-state index in [0.717, 1.165) is 13.0 Å². The van der Waals surface area contributed by atoms with Gasteiger partial charge < -0.3 is 10.0 Å². The Morgan fingerprint density at radius 1 is 1.18 bits per heavy atom. The van der Waals surface area contributed by atoms with Crippen LogP contribution < -0.4 is 0 Å². The summed E-state index contributed by atoms with van der Waals surface area (Å²) in [6, 6.07) is 7.20. The van der Waals surface area contributed by atoms with E-state index in [4.69, 9.17) is 5.11 Å². The maximum absolute atomic E-state index is 10.7. The van der Waals surface area contributed by atoms with E-state index >= 15 is 0 Å². The fourth-order valence-electron chi connectivity index (χ4n) is 2.11. The van der Waals surface area contributed by atoms with Crippen LogP contribution in [0.15, 0.2) is 24.3 Å². The van der Waals surface area contributed by atoms with Crippen LogP contribution in [0.2, 0.25) is 0 Å². The molecule has 0 spiro atoms. The molecule has 0 aliphatic carbocycles. The first kappa shape index (κ1) is 14.0. The van der Waals surface area contributed by atoms with Crippen LogP contribution in [0.3, 0.4) is 0 Å². The van der Waals surface area contributed by atoms with E-state index in [1.165, 1.54) is 31.5 Å². The van der Waals surface area contributed by atoms with Gasteiger partial charge in [0.15, 0.2) is 0 Å². The molecule has 0 bridgehead atoms. The third-order valence-corrected chi connectivity index (χ3v) is 3.12. The van der Waals surface area contributed by atoms with E-state index in [0.29, 0.717) is 5.56 Å². The average Bonchev–Trinajstić information content (AvgIpc) is 2.80. The standard InChI is InChI=1S/C13H17NO2.ClH/c15-13(16)12-5-3-11(4-6-12)7-10-14-8-1-2-9-14;/h3-6H,1-2,7-10H2,(H,15,16);1H. The summed E-state index contributed by atoms with van der Waals surface area (Å²) in [6.07, 6.45) is 3.65. The first-order valence-electron chi connectivity index (χ1n) is 5.80. The zero-order valence-corrected chi connectivity index (χ0v) is 10.6. The first-order chi connectivity index (χ1) is 7.75. The van der Waals surface area contributed by atoms with Crippen LogP contribution in [0.25, 0.3) is 0 Å². The third-order valence-electron chi connectivity index (χ3n) is 3.12. The lowest BCUT2D eigenvalue weighted by Crippen LogP contribution is -2.21. The molecule has 2 rings (SSSR count). The van der Waals surface area contributed by atoms with Crippen molar-refractivity contribution >= 4 is 18.4 Å². The molecule has 0 amide bonds. The van der Waals surface area contributed by atoms with Crippen LogP contribution in [0.5, 0.6) is 0 Å². The van der Waals surface area contributed by atoms with Gasteiger partial charge in [0.25, 0.3) is 0 Å². The van der Waals surface area contributed by atoms with E-state index in [1.807, 2.05) is 12.1 Å². The number of hydrogen-bond donors (Lipinski definition) is 1. The smallest absolute Gasteiger partial charge is 0.335 e. The minimum Gasteiger partial charge on any atom is -0.478 e. The molecule has 1 aromatic rings. The summed E-state index contributed by atoms with van der Waals surface area (Å²) in [5.41, 5.74) is 1.59. The van der Waals surface area contributed by atoms with Crippen molar-refractivity contribution < 1.29 is 9.90 Å². The highest BCUT2D eigenvalue weighted by Crippen LogP contribution is 2.10. The summed E-state index contributed by atoms with van der Waals surface area (Å²) in [4.78, 5) is 13.1. The Labute approximate surface area is 108 Å². The summed E-state index contributed by atoms with van der Waals surface area (Å²) < 4.78 is 0. The number of likely N-dealkylation sites (tertiary alicyclic amines) is 1. The Kier molecular flexibility index (Phi) is 5.45. The number of halogens is 1. The first-order valence-corrected chi connectivity index (χ1v) is 5.80. The Hall–Kier alpha value is -1.06. The summed E-state index contributed by atoms with van der Waals surface area (Å²) >= 11 is 0. The molecule has 4 heteroatoms. The van der Waals surface area contributed by atoms with Gasteiger partial charge in [0.1, 0.15) is 0 Å². The molecular formula is C13H18ClNO2. The van der Waals surface area contributed by atoms with Crippen LogP contribution in [0, 0.1) is 0 Å². The second kappa shape index (κ2) is 6.62. The monoisotopic (exact) mass is 255 g/mol. The number of carboxylic acids is 1. The molecule has 1 N–H and O–H groups in total. The Balaban J connectivity index is 0.00000144. The van der Waals surface area contributed by atoms with Gasteiger partial charge in [0.05, 0.1) is 5.56 Å². The van der Waals surface area contributed by atoms with Gasteiger partial charge in [0.2, 0.25) is 0 Å². The quantitative estimate of drug-likeness (QED) is 0.899. The van der Waals surface area contributed by atoms with Crippen molar-refractivity contribution in [2.24, 2.45) is 0 Å². The van der Waals surface area contributed by atoms with Gasteiger partial charge in [-0.05, 0) is 50.0 Å². The Morgan fingerprint density at radius 3 is 2.29 bits per heavy atom. The fraction of sp³-hybridized carbons (Fsp3) is 0.462. The number of carbonyl (C=O) groups is 1. The molecule has 3 nitrogen and oxygen atoms in total. The number of nitrogens with zero attached hydrogens (tertiary/aromatic N) is 1. The molecule has 1 heterocycles. The highest BCUT2D eigenvalue weighted by molar-refractivity contribution is 5.87. The molecule has 1 aliphatic heterocycles. The molecule has 0 radical (unpaired) electrons. The largest absolute Gasteiger partial charge is 0.478 e. The molecule has 17 heavy (non-hydrogen) atoms. The summed E-state index contributed by atoms with van der Waals surface area (Å²) in [5.74, 6) is -0.855. The van der Waals surface area contributed by atoms with Crippen molar-refractivity contribution in [3.63, 3.8) is 0 Å². The van der Waals surface area contributed by atoms with Gasteiger partial charge in [-0.15, -0.1) is 12.4 Å². The third kappa shape index (κ3) is 4.02. The number of rotatable bonds is 4. The molecular weight excluding hydrogens is 238 g/mol. The van der Waals surface area contributed by atoms with E-state index in [-0.39, 0.29) is 12.4 Å². The summed E-state index contributed by atoms with van der Waals surface area (Å²) in [6.45, 7) is 3.52. The van der Waals surface area contributed by atoms with Gasteiger partial charge in [0, 0.05) is 6.54 Å². The Bertz CT molecular complexity index is 358. The van der Waals surface area contributed by atoms with Crippen molar-refractivity contribution in [1.82, 2.24) is 4.90 Å². The van der Waals surface area contributed by atoms with Crippen molar-refractivity contribution in [2.45, 2.75) is 19.3 Å². The number of benzene rings is 1. The van der Waals surface area contributed by atoms with Crippen LogP contribution >= 0.6 is 12.4 Å². The van der Waals surface area contributed by atoms with E-state index in [1.54, 1.807) is 12.1 Å². The molecule has 94 valence electrons. The Morgan fingerprint density at radius 2 is 1.76 bits per heavy atom. The van der Waals surface area contributed by atoms with Gasteiger partial charge in [-0.1, -0.05) is 12.1 Å². The fourth-order valence-corrected chi connectivity index (χ4v) is 2.11. The van der Waals surface area contributed by atoms with Crippen LogP contribution in [-0.2, 0) is 6.42 Å². The predicted octanol–water partition coefficient (Wildman–Crippen LogP) is 2.44. The zero-order valence-electron chi connectivity index (χ0n) is 9.76. The van der Waals surface area contributed by atoms with Crippen molar-refractivity contribution in [3.8, 4) is 0 Å². The highest BCUT2D eigenvalue weighted by Gasteiger charge is 2.10. The molecule has 1 aliphatic rings. The van der Waals surface area contributed by atoms with E-state index < -0.39 is 5.97 Å². The van der Waals surface area contributed by atoms with Gasteiger partial charge in [-0.25, -0.2) is 4.79 Å². The second-order valence-electron chi connectivity index (χ2n) is 4.30. The lowest BCUT2D eigenvalue weighted by molar-refractivity contribution is 0.0697. The van der Waals surface area contributed by atoms with Crippen LogP contribution in [0.1, 0.15) is 28.8 Å². The molecule has 1 fully saturated rings. The molecule has 1 aromatic carbocycles. The second-order valence-corrected chi connectivity index (χ2v) is 4.30. The lowest BCUT2D eigenvalue weighted by Gasteiger charge is -2.14. The van der Waals surface area contributed by atoms with Gasteiger partial charge in [-0.2, -0.15) is 0 Å². The van der Waals surface area contributed by atoms with Crippen molar-refractivity contribution in [2.75, 3.05) is 19.6 Å². The maximum Gasteiger partial charge on any atom is 0.335 e. The molecule has 0 aromatic heterocycles. The number of carboxylic acid groups (broad SMARTS) is 1.